The first-order valence-corrected chi connectivity index (χ1v) is 5.37. The molecule has 7 heteroatoms. The number of phosphoric acid groups is 1. The van der Waals surface area contributed by atoms with E-state index >= 15 is 0 Å². The van der Waals surface area contributed by atoms with Gasteiger partial charge in [0.2, 0.25) is 0 Å². The molecule has 0 fully saturated rings. The van der Waals surface area contributed by atoms with Crippen molar-refractivity contribution in [3.63, 3.8) is 0 Å². The average Bonchev–Trinajstić information content (AvgIpc) is 1.93. The van der Waals surface area contributed by atoms with Crippen molar-refractivity contribution in [3.05, 3.63) is 0 Å². The van der Waals surface area contributed by atoms with Crippen LogP contribution in [0.2, 0.25) is 0 Å². The fourth-order valence-corrected chi connectivity index (χ4v) is 1.11. The predicted molar refractivity (Wildman–Crippen MR) is 44.1 cm³/mol. The van der Waals surface area contributed by atoms with Crippen molar-refractivity contribution in [2.45, 2.75) is 25.7 Å². The van der Waals surface area contributed by atoms with Gasteiger partial charge in [0.05, 0.1) is 6.61 Å². The predicted octanol–water partition coefficient (Wildman–Crippen LogP) is 0.741. The van der Waals surface area contributed by atoms with E-state index in [9.17, 15) is 9.36 Å². The number of phosphoric ester groups is 1. The van der Waals surface area contributed by atoms with Crippen LogP contribution in [0.3, 0.4) is 0 Å². The smallest absolute Gasteiger partial charge is 0.469 e. The van der Waals surface area contributed by atoms with Gasteiger partial charge in [0.15, 0.2) is 0 Å². The third-order valence-corrected chi connectivity index (χ3v) is 1.81. The molecule has 0 aliphatic rings. The number of unbranched alkanes of at least 4 members (excludes halogenated alkanes) is 2. The number of hydrogen-bond acceptors (Lipinski definition) is 3. The summed E-state index contributed by atoms with van der Waals surface area (Å²) in [5.74, 6) is -0.865. The third-order valence-electron chi connectivity index (χ3n) is 1.29. The minimum atomic E-state index is -4.35. The van der Waals surface area contributed by atoms with Crippen molar-refractivity contribution in [3.8, 4) is 0 Å². The molecule has 0 rings (SSSR count). The van der Waals surface area contributed by atoms with Crippen molar-refractivity contribution >= 4 is 13.8 Å². The lowest BCUT2D eigenvalue weighted by Crippen LogP contribution is -1.96. The van der Waals surface area contributed by atoms with Crippen LogP contribution < -0.4 is 0 Å². The average molecular weight is 212 g/mol. The molecule has 0 saturated carbocycles. The van der Waals surface area contributed by atoms with Crippen molar-refractivity contribution in [2.75, 3.05) is 6.61 Å². The largest absolute Gasteiger partial charge is 0.481 e. The maximum absolute atomic E-state index is 10.2. The standard InChI is InChI=1S/C6H13O6P/c7-6(8)4-2-1-3-5-12-13(9,10)11/h1-5H2,(H,7,8)(H2,9,10,11). The van der Waals surface area contributed by atoms with Crippen molar-refractivity contribution in [2.24, 2.45) is 0 Å². The van der Waals surface area contributed by atoms with Crippen LogP contribution in [0.25, 0.3) is 0 Å². The second-order valence-electron chi connectivity index (χ2n) is 2.53. The second-order valence-corrected chi connectivity index (χ2v) is 3.77. The molecule has 6 nitrogen and oxygen atoms in total. The van der Waals surface area contributed by atoms with Gasteiger partial charge in [-0.05, 0) is 12.8 Å². The highest BCUT2D eigenvalue weighted by atomic mass is 31.2. The summed E-state index contributed by atoms with van der Waals surface area (Å²) >= 11 is 0. The summed E-state index contributed by atoms with van der Waals surface area (Å²) in [5.41, 5.74) is 0. The summed E-state index contributed by atoms with van der Waals surface area (Å²) in [7, 11) is -4.35. The Balaban J connectivity index is 3.18. The minimum absolute atomic E-state index is 0.0378. The van der Waals surface area contributed by atoms with Gasteiger partial charge in [0.25, 0.3) is 0 Å². The van der Waals surface area contributed by atoms with E-state index in [1.54, 1.807) is 0 Å². The molecule has 3 N–H and O–H groups in total. The van der Waals surface area contributed by atoms with E-state index in [1.165, 1.54) is 0 Å². The first-order valence-electron chi connectivity index (χ1n) is 3.84. The Morgan fingerprint density at radius 3 is 2.31 bits per heavy atom. The summed E-state index contributed by atoms with van der Waals surface area (Å²) in [6, 6.07) is 0. The lowest BCUT2D eigenvalue weighted by Gasteiger charge is -2.03. The zero-order chi connectivity index (χ0) is 10.3. The molecular formula is C6H13O6P. The topological polar surface area (TPSA) is 104 Å². The number of carboxylic acid groups (broad SMARTS) is 1. The van der Waals surface area contributed by atoms with Gasteiger partial charge in [-0.2, -0.15) is 0 Å². The Labute approximate surface area is 75.8 Å². The van der Waals surface area contributed by atoms with E-state index in [2.05, 4.69) is 4.52 Å². The summed E-state index contributed by atoms with van der Waals surface area (Å²) in [6.45, 7) is -0.0378. The van der Waals surface area contributed by atoms with E-state index in [0.717, 1.165) is 0 Å². The van der Waals surface area contributed by atoms with Crippen LogP contribution >= 0.6 is 7.82 Å². The normalized spacial score (nSPS) is 11.5. The molecule has 0 heterocycles. The number of rotatable bonds is 7. The monoisotopic (exact) mass is 212 g/mol. The van der Waals surface area contributed by atoms with E-state index in [0.29, 0.717) is 19.3 Å². The molecule has 0 aromatic carbocycles. The van der Waals surface area contributed by atoms with Crippen molar-refractivity contribution < 1.29 is 28.8 Å². The molecule has 13 heavy (non-hydrogen) atoms. The Hall–Kier alpha value is -0.420. The van der Waals surface area contributed by atoms with Gasteiger partial charge in [-0.3, -0.25) is 9.32 Å². The molecule has 0 saturated heterocycles. The van der Waals surface area contributed by atoms with Gasteiger partial charge >= 0.3 is 13.8 Å². The molecule has 0 aromatic rings. The number of hydrogen-bond donors (Lipinski definition) is 3. The van der Waals surface area contributed by atoms with Gasteiger partial charge in [0, 0.05) is 6.42 Å². The fourth-order valence-electron chi connectivity index (χ4n) is 0.739. The molecule has 0 radical (unpaired) electrons. The zero-order valence-corrected chi connectivity index (χ0v) is 7.94. The van der Waals surface area contributed by atoms with Gasteiger partial charge in [-0.1, -0.05) is 6.42 Å². The Morgan fingerprint density at radius 1 is 1.23 bits per heavy atom. The van der Waals surface area contributed by atoms with Crippen molar-refractivity contribution in [1.29, 1.82) is 0 Å². The molecule has 0 bridgehead atoms. The van der Waals surface area contributed by atoms with Crippen molar-refractivity contribution in [1.82, 2.24) is 0 Å². The van der Waals surface area contributed by atoms with E-state index in [-0.39, 0.29) is 13.0 Å². The van der Waals surface area contributed by atoms with Gasteiger partial charge < -0.3 is 14.9 Å². The number of carbonyl (C=O) groups is 1. The first-order chi connectivity index (χ1) is 5.92. The molecular weight excluding hydrogens is 199 g/mol. The fraction of sp³-hybridized carbons (Fsp3) is 0.833. The molecule has 78 valence electrons. The summed E-state index contributed by atoms with van der Waals surface area (Å²) in [5, 5.41) is 8.24. The van der Waals surface area contributed by atoms with Crippen LogP contribution in [-0.4, -0.2) is 27.5 Å². The van der Waals surface area contributed by atoms with Crippen LogP contribution in [-0.2, 0) is 13.9 Å². The molecule has 0 unspecified atom stereocenters. The van der Waals surface area contributed by atoms with Crippen LogP contribution in [0, 0.1) is 0 Å². The third kappa shape index (κ3) is 11.6. The van der Waals surface area contributed by atoms with E-state index in [4.69, 9.17) is 14.9 Å². The number of aliphatic carboxylic acids is 1. The Bertz CT molecular complexity index is 197. The summed E-state index contributed by atoms with van der Waals surface area (Å²) in [6.07, 6.45) is 1.63. The molecule has 0 aliphatic carbocycles. The van der Waals surface area contributed by atoms with Crippen LogP contribution in [0.4, 0.5) is 0 Å². The van der Waals surface area contributed by atoms with Gasteiger partial charge in [-0.15, -0.1) is 0 Å². The van der Waals surface area contributed by atoms with Crippen LogP contribution in [0.5, 0.6) is 0 Å². The Morgan fingerprint density at radius 2 is 1.85 bits per heavy atom. The maximum atomic E-state index is 10.2. The molecule has 0 atom stereocenters. The quantitative estimate of drug-likeness (QED) is 0.424. The molecule has 0 spiro atoms. The molecule has 0 amide bonds. The SMILES string of the molecule is O=C(O)CCCCCOP(=O)(O)O. The lowest BCUT2D eigenvalue weighted by atomic mass is 10.2. The maximum Gasteiger partial charge on any atom is 0.469 e. The second kappa shape index (κ2) is 6.10. The summed E-state index contributed by atoms with van der Waals surface area (Å²) in [4.78, 5) is 26.5. The van der Waals surface area contributed by atoms with E-state index in [1.807, 2.05) is 0 Å². The molecule has 0 aliphatic heterocycles. The van der Waals surface area contributed by atoms with Gasteiger partial charge in [0.1, 0.15) is 0 Å². The first kappa shape index (κ1) is 12.6. The highest BCUT2D eigenvalue weighted by Gasteiger charge is 2.12. The van der Waals surface area contributed by atoms with E-state index < -0.39 is 13.8 Å². The Kier molecular flexibility index (Phi) is 5.90. The minimum Gasteiger partial charge on any atom is -0.481 e. The molecule has 0 aromatic heterocycles. The number of carboxylic acids is 1. The van der Waals surface area contributed by atoms with Crippen LogP contribution in [0.1, 0.15) is 25.7 Å². The van der Waals surface area contributed by atoms with Gasteiger partial charge in [-0.25, -0.2) is 4.57 Å². The zero-order valence-electron chi connectivity index (χ0n) is 7.05. The highest BCUT2D eigenvalue weighted by molar-refractivity contribution is 7.46. The lowest BCUT2D eigenvalue weighted by molar-refractivity contribution is -0.137. The summed E-state index contributed by atoms with van der Waals surface area (Å²) < 4.78 is 14.3. The highest BCUT2D eigenvalue weighted by Crippen LogP contribution is 2.35. The van der Waals surface area contributed by atoms with Crippen LogP contribution in [0.15, 0.2) is 0 Å².